The maximum atomic E-state index is 13.0. The first-order chi connectivity index (χ1) is 17.8. The molecule has 0 fully saturated rings. The van der Waals surface area contributed by atoms with Crippen LogP contribution in [-0.2, 0) is 27.7 Å². The summed E-state index contributed by atoms with van der Waals surface area (Å²) in [6, 6.07) is 9.25. The normalized spacial score (nSPS) is 13.4. The number of anilines is 1. The van der Waals surface area contributed by atoms with Gasteiger partial charge in [-0.05, 0) is 49.2 Å². The number of carbonyl (C=O) groups is 2. The van der Waals surface area contributed by atoms with Gasteiger partial charge in [-0.2, -0.15) is 14.8 Å². The molecule has 1 aromatic carbocycles. The van der Waals surface area contributed by atoms with Crippen molar-refractivity contribution < 1.29 is 22.7 Å². The second-order valence-electron chi connectivity index (χ2n) is 8.42. The van der Waals surface area contributed by atoms with Gasteiger partial charge >= 0.3 is 5.97 Å². The summed E-state index contributed by atoms with van der Waals surface area (Å²) in [5.41, 5.74) is 1.49. The fourth-order valence-corrected chi connectivity index (χ4v) is 6.89. The van der Waals surface area contributed by atoms with Gasteiger partial charge in [-0.1, -0.05) is 6.92 Å². The molecule has 1 aliphatic heterocycles. The van der Waals surface area contributed by atoms with E-state index < -0.39 is 21.9 Å². The van der Waals surface area contributed by atoms with Crippen molar-refractivity contribution in [1.29, 1.82) is 10.5 Å². The van der Waals surface area contributed by atoms with E-state index in [1.807, 2.05) is 12.1 Å². The molecule has 3 rings (SSSR count). The van der Waals surface area contributed by atoms with Gasteiger partial charge in [0, 0.05) is 49.5 Å². The number of thiophene rings is 1. The Hall–Kier alpha value is -3.29. The molecule has 2 aromatic rings. The Bertz CT molecular complexity index is 1300. The number of nitrogens with zero attached hydrogens (tertiary/aromatic N) is 4. The first kappa shape index (κ1) is 28.3. The number of esters is 1. The molecule has 1 amide bonds. The van der Waals surface area contributed by atoms with E-state index >= 15 is 0 Å². The van der Waals surface area contributed by atoms with E-state index in [-0.39, 0.29) is 36.4 Å². The van der Waals surface area contributed by atoms with Crippen molar-refractivity contribution in [3.05, 3.63) is 45.8 Å². The average Bonchev–Trinajstić information content (AvgIpc) is 3.25. The lowest BCUT2D eigenvalue weighted by Gasteiger charge is -2.26. The van der Waals surface area contributed by atoms with E-state index in [2.05, 4.69) is 17.1 Å². The fourth-order valence-electron chi connectivity index (χ4n) is 4.17. The molecule has 1 aromatic heterocycles. The summed E-state index contributed by atoms with van der Waals surface area (Å²) in [4.78, 5) is 28.9. The third kappa shape index (κ3) is 6.53. The second-order valence-corrected chi connectivity index (χ2v) is 11.5. The topological polar surface area (TPSA) is 144 Å². The predicted molar refractivity (Wildman–Crippen MR) is 139 cm³/mol. The van der Waals surface area contributed by atoms with E-state index in [1.165, 1.54) is 42.7 Å². The van der Waals surface area contributed by atoms with Crippen molar-refractivity contribution in [2.45, 2.75) is 44.0 Å². The highest BCUT2D eigenvalue weighted by Crippen LogP contribution is 2.38. The Labute approximate surface area is 221 Å². The summed E-state index contributed by atoms with van der Waals surface area (Å²) in [6.45, 7) is 4.53. The van der Waals surface area contributed by atoms with E-state index in [0.29, 0.717) is 23.5 Å². The summed E-state index contributed by atoms with van der Waals surface area (Å²) >= 11 is 1.36. The predicted octanol–water partition coefficient (Wildman–Crippen LogP) is 3.37. The molecule has 0 bridgehead atoms. The number of nitrogens with one attached hydrogen (secondary N) is 1. The first-order valence-corrected chi connectivity index (χ1v) is 14.1. The smallest absolute Gasteiger partial charge is 0.341 e. The van der Waals surface area contributed by atoms with E-state index in [9.17, 15) is 18.0 Å². The van der Waals surface area contributed by atoms with Crippen molar-refractivity contribution in [2.24, 2.45) is 0 Å². The molecule has 0 atom stereocenters. The zero-order valence-corrected chi connectivity index (χ0v) is 22.5. The van der Waals surface area contributed by atoms with Crippen LogP contribution < -0.4 is 5.32 Å². The maximum Gasteiger partial charge on any atom is 0.341 e. The minimum atomic E-state index is -3.94. The van der Waals surface area contributed by atoms with Crippen LogP contribution in [-0.4, -0.2) is 62.8 Å². The maximum absolute atomic E-state index is 13.0. The molecule has 0 unspecified atom stereocenters. The number of sulfonamides is 1. The number of hydrogen-bond donors (Lipinski definition) is 1. The van der Waals surface area contributed by atoms with Crippen LogP contribution in [0.3, 0.4) is 0 Å². The summed E-state index contributed by atoms with van der Waals surface area (Å²) in [6.07, 6.45) is 1.70. The Balaban J connectivity index is 1.82. The van der Waals surface area contributed by atoms with Gasteiger partial charge in [0.25, 0.3) is 5.91 Å². The standard InChI is InChI=1S/C25H29N5O5S2/c1-3-13-29-16-10-20-21(17-29)36-24(22(20)25(32)35-2)28-23(31)18-6-8-19(9-7-18)37(33,34)30(14-4-11-26)15-5-12-27/h6-9H,3-5,10,13-17H2,1-2H3,(H,28,31). The molecular weight excluding hydrogens is 514 g/mol. The number of nitriles is 2. The molecule has 0 saturated heterocycles. The van der Waals surface area contributed by atoms with Gasteiger partial charge in [-0.15, -0.1) is 11.3 Å². The largest absolute Gasteiger partial charge is 0.465 e. The van der Waals surface area contributed by atoms with Crippen LogP contribution in [0.15, 0.2) is 29.2 Å². The highest BCUT2D eigenvalue weighted by molar-refractivity contribution is 7.89. The third-order valence-corrected chi connectivity index (χ3v) is 9.04. The van der Waals surface area contributed by atoms with Gasteiger partial charge in [0.2, 0.25) is 10.0 Å². The fraction of sp³-hybridized carbons (Fsp3) is 0.440. The van der Waals surface area contributed by atoms with Crippen LogP contribution in [0, 0.1) is 22.7 Å². The van der Waals surface area contributed by atoms with Crippen molar-refractivity contribution in [3.63, 3.8) is 0 Å². The van der Waals surface area contributed by atoms with Gasteiger partial charge in [0.15, 0.2) is 0 Å². The number of rotatable bonds is 11. The monoisotopic (exact) mass is 543 g/mol. The minimum absolute atomic E-state index is 0.00529. The van der Waals surface area contributed by atoms with E-state index in [1.54, 1.807) is 0 Å². The van der Waals surface area contributed by atoms with Gasteiger partial charge < -0.3 is 10.1 Å². The Morgan fingerprint density at radius 1 is 1.16 bits per heavy atom. The zero-order chi connectivity index (χ0) is 27.0. The highest BCUT2D eigenvalue weighted by Gasteiger charge is 2.29. The minimum Gasteiger partial charge on any atom is -0.465 e. The zero-order valence-electron chi connectivity index (χ0n) is 20.8. The Morgan fingerprint density at radius 2 is 1.81 bits per heavy atom. The van der Waals surface area contributed by atoms with Gasteiger partial charge in [-0.3, -0.25) is 9.69 Å². The molecule has 0 aliphatic carbocycles. The molecular formula is C25H29N5O5S2. The highest BCUT2D eigenvalue weighted by atomic mass is 32.2. The molecule has 0 radical (unpaired) electrons. The second kappa shape index (κ2) is 12.8. The van der Waals surface area contributed by atoms with Crippen molar-refractivity contribution in [2.75, 3.05) is 38.6 Å². The molecule has 1 aliphatic rings. The number of methoxy groups -OCH3 is 1. The number of benzene rings is 1. The lowest BCUT2D eigenvalue weighted by Crippen LogP contribution is -2.32. The first-order valence-electron chi connectivity index (χ1n) is 11.9. The summed E-state index contributed by atoms with van der Waals surface area (Å²) < 4.78 is 32.1. The number of amides is 1. The summed E-state index contributed by atoms with van der Waals surface area (Å²) in [7, 11) is -2.64. The Morgan fingerprint density at radius 3 is 2.38 bits per heavy atom. The van der Waals surface area contributed by atoms with Crippen LogP contribution in [0.2, 0.25) is 0 Å². The van der Waals surface area contributed by atoms with Crippen LogP contribution in [0.5, 0.6) is 0 Å². The molecule has 0 saturated carbocycles. The van der Waals surface area contributed by atoms with Crippen molar-refractivity contribution >= 4 is 38.2 Å². The van der Waals surface area contributed by atoms with Gasteiger partial charge in [0.05, 0.1) is 29.7 Å². The van der Waals surface area contributed by atoms with E-state index in [4.69, 9.17) is 15.3 Å². The lowest BCUT2D eigenvalue weighted by atomic mass is 10.0. The van der Waals surface area contributed by atoms with Crippen molar-refractivity contribution in [1.82, 2.24) is 9.21 Å². The summed E-state index contributed by atoms with van der Waals surface area (Å²) in [5.74, 6) is -0.989. The van der Waals surface area contributed by atoms with Crippen LogP contribution >= 0.6 is 11.3 Å². The van der Waals surface area contributed by atoms with Crippen LogP contribution in [0.4, 0.5) is 5.00 Å². The molecule has 196 valence electrons. The third-order valence-electron chi connectivity index (χ3n) is 5.99. The molecule has 12 heteroatoms. The Kier molecular flexibility index (Phi) is 9.78. The number of fused-ring (bicyclic) bond motifs is 1. The van der Waals surface area contributed by atoms with Gasteiger partial charge in [0.1, 0.15) is 5.00 Å². The molecule has 1 N–H and O–H groups in total. The van der Waals surface area contributed by atoms with Crippen molar-refractivity contribution in [3.8, 4) is 12.1 Å². The average molecular weight is 544 g/mol. The lowest BCUT2D eigenvalue weighted by molar-refractivity contribution is 0.0600. The molecule has 0 spiro atoms. The van der Waals surface area contributed by atoms with Crippen LogP contribution in [0.1, 0.15) is 57.3 Å². The number of ether oxygens (including phenoxy) is 1. The quantitative estimate of drug-likeness (QED) is 0.425. The number of hydrogen-bond acceptors (Lipinski definition) is 9. The van der Waals surface area contributed by atoms with E-state index in [0.717, 1.165) is 34.3 Å². The summed E-state index contributed by atoms with van der Waals surface area (Å²) in [5, 5.41) is 20.9. The SMILES string of the molecule is CCCN1CCc2c(sc(NC(=O)c3ccc(S(=O)(=O)N(CCC#N)CCC#N)cc3)c2C(=O)OC)C1. The van der Waals surface area contributed by atoms with Crippen LogP contribution in [0.25, 0.3) is 0 Å². The molecule has 10 nitrogen and oxygen atoms in total. The number of carbonyl (C=O) groups excluding carboxylic acids is 2. The van der Waals surface area contributed by atoms with Gasteiger partial charge in [-0.25, -0.2) is 13.2 Å². The molecule has 2 heterocycles. The molecule has 37 heavy (non-hydrogen) atoms.